The molecule has 2 unspecified atom stereocenters. The Morgan fingerprint density at radius 1 is 1.06 bits per heavy atom. The Morgan fingerprint density at radius 2 is 1.87 bits per heavy atom. The Hall–Kier alpha value is -3.41. The van der Waals surface area contributed by atoms with Gasteiger partial charge < -0.3 is 14.4 Å². The van der Waals surface area contributed by atoms with E-state index in [0.29, 0.717) is 17.9 Å². The van der Waals surface area contributed by atoms with Gasteiger partial charge in [0, 0.05) is 29.8 Å². The summed E-state index contributed by atoms with van der Waals surface area (Å²) in [5, 5.41) is 0. The predicted molar refractivity (Wildman–Crippen MR) is 117 cm³/mol. The van der Waals surface area contributed by atoms with E-state index in [9.17, 15) is 4.79 Å². The summed E-state index contributed by atoms with van der Waals surface area (Å²) in [7, 11) is 3.21. The van der Waals surface area contributed by atoms with Crippen LogP contribution in [0.15, 0.2) is 54.7 Å². The van der Waals surface area contributed by atoms with E-state index in [-0.39, 0.29) is 18.0 Å². The quantitative estimate of drug-likeness (QED) is 0.630. The van der Waals surface area contributed by atoms with Crippen molar-refractivity contribution < 1.29 is 14.3 Å². The highest BCUT2D eigenvalue weighted by atomic mass is 16.5. The minimum atomic E-state index is 0.0613. The van der Waals surface area contributed by atoms with Crippen LogP contribution in [0, 0.1) is 0 Å². The van der Waals surface area contributed by atoms with Crippen molar-refractivity contribution in [2.75, 3.05) is 14.2 Å². The average molecular weight is 415 g/mol. The maximum absolute atomic E-state index is 13.3. The standard InChI is InChI=1S/C25H25N3O3/c1-30-22-11-8-16(12-23(22)31-2)13-24(29)28-18-9-10-21(28)19-15-26-25(27-20(19)14-18)17-6-4-3-5-7-17/h3-8,11-12,15,18,21H,9-10,13-14H2,1-2H3. The van der Waals surface area contributed by atoms with E-state index >= 15 is 0 Å². The van der Waals surface area contributed by atoms with Gasteiger partial charge in [-0.05, 0) is 30.5 Å². The molecule has 0 saturated carbocycles. The second kappa shape index (κ2) is 8.02. The van der Waals surface area contributed by atoms with E-state index in [0.717, 1.165) is 47.5 Å². The van der Waals surface area contributed by atoms with Crippen LogP contribution in [0.3, 0.4) is 0 Å². The lowest BCUT2D eigenvalue weighted by Gasteiger charge is -2.36. The van der Waals surface area contributed by atoms with Gasteiger partial charge in [-0.2, -0.15) is 0 Å². The van der Waals surface area contributed by atoms with Crippen LogP contribution in [0.2, 0.25) is 0 Å². The van der Waals surface area contributed by atoms with Crippen molar-refractivity contribution >= 4 is 5.91 Å². The molecule has 6 heteroatoms. The highest BCUT2D eigenvalue weighted by Gasteiger charge is 2.43. The molecule has 5 rings (SSSR count). The summed E-state index contributed by atoms with van der Waals surface area (Å²) in [6, 6.07) is 15.9. The minimum absolute atomic E-state index is 0.0613. The number of ether oxygens (including phenoxy) is 2. The van der Waals surface area contributed by atoms with E-state index in [4.69, 9.17) is 14.5 Å². The van der Waals surface area contributed by atoms with Crippen molar-refractivity contribution in [3.8, 4) is 22.9 Å². The predicted octanol–water partition coefficient (Wildman–Crippen LogP) is 3.99. The summed E-state index contributed by atoms with van der Waals surface area (Å²) in [5.41, 5.74) is 4.11. The molecule has 158 valence electrons. The Balaban J connectivity index is 1.39. The monoisotopic (exact) mass is 415 g/mol. The molecule has 0 spiro atoms. The maximum atomic E-state index is 13.3. The molecule has 0 aliphatic carbocycles. The molecule has 2 aliphatic heterocycles. The fourth-order valence-corrected chi connectivity index (χ4v) is 4.84. The molecule has 3 aromatic rings. The van der Waals surface area contributed by atoms with Gasteiger partial charge in [0.15, 0.2) is 17.3 Å². The summed E-state index contributed by atoms with van der Waals surface area (Å²) >= 11 is 0. The van der Waals surface area contributed by atoms with Crippen molar-refractivity contribution in [3.05, 3.63) is 71.5 Å². The lowest BCUT2D eigenvalue weighted by Crippen LogP contribution is -2.43. The van der Waals surface area contributed by atoms with Gasteiger partial charge >= 0.3 is 0 Å². The highest BCUT2D eigenvalue weighted by Crippen LogP contribution is 2.43. The van der Waals surface area contributed by atoms with Gasteiger partial charge in [-0.3, -0.25) is 4.79 Å². The summed E-state index contributed by atoms with van der Waals surface area (Å²) in [5.74, 6) is 2.19. The van der Waals surface area contributed by atoms with Gasteiger partial charge in [-0.15, -0.1) is 0 Å². The van der Waals surface area contributed by atoms with E-state index in [1.807, 2.05) is 54.7 Å². The minimum Gasteiger partial charge on any atom is -0.493 e. The number of methoxy groups -OCH3 is 2. The molecule has 1 fully saturated rings. The van der Waals surface area contributed by atoms with Crippen LogP contribution in [0.5, 0.6) is 11.5 Å². The first-order valence-electron chi connectivity index (χ1n) is 10.6. The third kappa shape index (κ3) is 3.52. The van der Waals surface area contributed by atoms with Crippen molar-refractivity contribution in [2.45, 2.75) is 37.8 Å². The fraction of sp³-hybridized carbons (Fsp3) is 0.320. The van der Waals surface area contributed by atoms with Crippen molar-refractivity contribution in [2.24, 2.45) is 0 Å². The number of nitrogens with zero attached hydrogens (tertiary/aromatic N) is 3. The van der Waals surface area contributed by atoms with Gasteiger partial charge in [0.25, 0.3) is 0 Å². The molecule has 2 aliphatic rings. The van der Waals surface area contributed by atoms with Crippen LogP contribution in [-0.4, -0.2) is 41.0 Å². The molecule has 3 heterocycles. The molecule has 6 nitrogen and oxygen atoms in total. The largest absolute Gasteiger partial charge is 0.493 e. The van der Waals surface area contributed by atoms with Crippen molar-refractivity contribution in [3.63, 3.8) is 0 Å². The van der Waals surface area contributed by atoms with E-state index in [1.165, 1.54) is 0 Å². The molecule has 31 heavy (non-hydrogen) atoms. The summed E-state index contributed by atoms with van der Waals surface area (Å²) in [4.78, 5) is 24.8. The van der Waals surface area contributed by atoms with Gasteiger partial charge in [-0.25, -0.2) is 9.97 Å². The molecule has 0 N–H and O–H groups in total. The first-order chi connectivity index (χ1) is 15.2. The summed E-state index contributed by atoms with van der Waals surface area (Å²) in [6.45, 7) is 0. The molecule has 2 aromatic carbocycles. The molecule has 1 amide bonds. The fourth-order valence-electron chi connectivity index (χ4n) is 4.84. The molecule has 1 saturated heterocycles. The van der Waals surface area contributed by atoms with Crippen LogP contribution >= 0.6 is 0 Å². The Labute approximate surface area is 181 Å². The molecule has 2 atom stereocenters. The smallest absolute Gasteiger partial charge is 0.227 e. The van der Waals surface area contributed by atoms with Crippen LogP contribution in [0.1, 0.15) is 35.7 Å². The van der Waals surface area contributed by atoms with Gasteiger partial charge in [0.05, 0.1) is 32.4 Å². The molecule has 2 bridgehead atoms. The number of carbonyl (C=O) groups is 1. The number of hydrogen-bond donors (Lipinski definition) is 0. The molecule has 1 aromatic heterocycles. The zero-order valence-corrected chi connectivity index (χ0v) is 17.7. The van der Waals surface area contributed by atoms with E-state index < -0.39 is 0 Å². The molecular formula is C25H25N3O3. The van der Waals surface area contributed by atoms with Crippen LogP contribution < -0.4 is 9.47 Å². The average Bonchev–Trinajstić information content (AvgIpc) is 3.14. The van der Waals surface area contributed by atoms with Crippen LogP contribution in [-0.2, 0) is 17.6 Å². The van der Waals surface area contributed by atoms with Gasteiger partial charge in [0.2, 0.25) is 5.91 Å². The van der Waals surface area contributed by atoms with Crippen LogP contribution in [0.25, 0.3) is 11.4 Å². The number of rotatable bonds is 5. The van der Waals surface area contributed by atoms with Crippen LogP contribution in [0.4, 0.5) is 0 Å². The van der Waals surface area contributed by atoms with E-state index in [1.54, 1.807) is 14.2 Å². The highest BCUT2D eigenvalue weighted by molar-refractivity contribution is 5.80. The second-order valence-electron chi connectivity index (χ2n) is 8.08. The third-order valence-electron chi connectivity index (χ3n) is 6.31. The third-order valence-corrected chi connectivity index (χ3v) is 6.31. The topological polar surface area (TPSA) is 64.5 Å². The lowest BCUT2D eigenvalue weighted by molar-refractivity contribution is -0.134. The zero-order chi connectivity index (χ0) is 21.4. The van der Waals surface area contributed by atoms with Gasteiger partial charge in [0.1, 0.15) is 0 Å². The van der Waals surface area contributed by atoms with Gasteiger partial charge in [-0.1, -0.05) is 36.4 Å². The van der Waals surface area contributed by atoms with E-state index in [2.05, 4.69) is 9.88 Å². The first kappa shape index (κ1) is 19.5. The number of hydrogen-bond acceptors (Lipinski definition) is 5. The summed E-state index contributed by atoms with van der Waals surface area (Å²) < 4.78 is 10.7. The Kier molecular flexibility index (Phi) is 5.06. The Morgan fingerprint density at radius 3 is 2.65 bits per heavy atom. The molecular weight excluding hydrogens is 390 g/mol. The first-order valence-corrected chi connectivity index (χ1v) is 10.6. The number of aromatic nitrogens is 2. The second-order valence-corrected chi connectivity index (χ2v) is 8.08. The number of benzene rings is 2. The molecule has 0 radical (unpaired) electrons. The maximum Gasteiger partial charge on any atom is 0.227 e. The van der Waals surface area contributed by atoms with Crippen molar-refractivity contribution in [1.82, 2.24) is 14.9 Å². The number of amides is 1. The van der Waals surface area contributed by atoms with Crippen molar-refractivity contribution in [1.29, 1.82) is 0 Å². The summed E-state index contributed by atoms with van der Waals surface area (Å²) in [6.07, 6.45) is 5.01. The number of carbonyl (C=O) groups excluding carboxylic acids is 1. The SMILES string of the molecule is COc1ccc(CC(=O)N2C3CCC2c2cnc(-c4ccccc4)nc2C3)cc1OC. The lowest BCUT2D eigenvalue weighted by atomic mass is 9.97. The number of fused-ring (bicyclic) bond motifs is 4. The Bertz CT molecular complexity index is 1120. The normalized spacial score (nSPS) is 19.1. The zero-order valence-electron chi connectivity index (χ0n) is 17.7.